The van der Waals surface area contributed by atoms with Crippen LogP contribution in [0.1, 0.15) is 157 Å². The molecule has 0 spiro atoms. The smallest absolute Gasteiger partial charge is 0.410 e. The number of carboxylic acids is 1. The molecular weight excluding hydrogens is 1000 g/mol. The molecule has 2 fully saturated rings. The number of amides is 5. The van der Waals surface area contributed by atoms with E-state index in [0.717, 1.165) is 35.0 Å². The zero-order chi connectivity index (χ0) is 56.6. The van der Waals surface area contributed by atoms with Crippen LogP contribution in [0.15, 0.2) is 85.2 Å². The Morgan fingerprint density at radius 3 is 1.36 bits per heavy atom. The van der Waals surface area contributed by atoms with Gasteiger partial charge in [-0.25, -0.2) is 43.7 Å². The summed E-state index contributed by atoms with van der Waals surface area (Å²) in [7, 11) is 0. The number of ether oxygens (including phenoxy) is 2. The second kappa shape index (κ2) is 23.4. The first-order chi connectivity index (χ1) is 37.0. The van der Waals surface area contributed by atoms with Gasteiger partial charge in [-0.15, -0.1) is 0 Å². The van der Waals surface area contributed by atoms with Crippen molar-refractivity contribution in [2.24, 2.45) is 5.73 Å². The molecule has 5 amide bonds. The Hall–Kier alpha value is -9.84. The van der Waals surface area contributed by atoms with Gasteiger partial charge in [0.25, 0.3) is 17.7 Å². The molecule has 404 valence electrons. The number of nitrogen functional groups attached to an aromatic ring is 2. The van der Waals surface area contributed by atoms with Gasteiger partial charge in [-0.3, -0.25) is 24.2 Å². The Morgan fingerprint density at radius 1 is 0.615 bits per heavy atom. The fourth-order valence-corrected chi connectivity index (χ4v) is 8.76. The van der Waals surface area contributed by atoms with Crippen molar-refractivity contribution in [3.8, 4) is 34.7 Å². The number of anilines is 2. The number of carbonyl (C=O) groups excluding carboxylic acids is 5. The predicted octanol–water partition coefficient (Wildman–Crippen LogP) is 7.29. The Labute approximate surface area is 448 Å². The highest BCUT2D eigenvalue weighted by Gasteiger charge is 2.38. The van der Waals surface area contributed by atoms with Gasteiger partial charge in [0.05, 0.1) is 35.3 Å². The summed E-state index contributed by atoms with van der Waals surface area (Å²) in [5.74, 6) is 10.7. The average molecular weight is 1060 g/mol. The van der Waals surface area contributed by atoms with Gasteiger partial charge in [0.2, 0.25) is 0 Å². The van der Waals surface area contributed by atoms with Crippen LogP contribution in [0, 0.1) is 22.7 Å². The van der Waals surface area contributed by atoms with E-state index in [1.807, 2.05) is 12.1 Å². The quantitative estimate of drug-likeness (QED) is 0.0733. The number of nitriles is 2. The fourth-order valence-electron chi connectivity index (χ4n) is 8.76. The Bertz CT molecular complexity index is 3120. The SMILES string of the molecule is CC(C)(C)OC(=O)N1CCCC[C@H]1c1nc(-c2ccc(C(=O)Nc3cc(C#N)ccn3)cc2)c(C(=O)O)n1N.CC(C)(C)OC(=O)N1CCCC[C@H]1c1nc(-c2ccc(C(=O)Nc3cc(C#N)ccn3)cc2)c(C(N)=O)n1N. The first-order valence-electron chi connectivity index (χ1n) is 24.8. The molecule has 6 aromatic rings. The van der Waals surface area contributed by atoms with Gasteiger partial charge in [-0.2, -0.15) is 10.5 Å². The molecule has 8 rings (SSSR count). The minimum absolute atomic E-state index is 0.0190. The molecule has 2 aliphatic heterocycles. The summed E-state index contributed by atoms with van der Waals surface area (Å²) in [5.41, 5.74) is 6.67. The second-order valence-electron chi connectivity index (χ2n) is 20.3. The number of carboxylic acid groups (broad SMARTS) is 1. The van der Waals surface area contributed by atoms with Crippen molar-refractivity contribution in [1.82, 2.24) is 39.1 Å². The van der Waals surface area contributed by atoms with E-state index in [-0.39, 0.29) is 45.8 Å². The second-order valence-corrected chi connectivity index (χ2v) is 20.3. The summed E-state index contributed by atoms with van der Waals surface area (Å²) in [6.07, 6.45) is 6.22. The molecule has 2 aromatic carbocycles. The number of primary amides is 1. The maximum atomic E-state index is 12.9. The Morgan fingerprint density at radius 2 is 1.00 bits per heavy atom. The molecule has 4 aromatic heterocycles. The molecule has 6 heterocycles. The molecule has 2 aliphatic rings. The molecule has 2 atom stereocenters. The summed E-state index contributed by atoms with van der Waals surface area (Å²) < 4.78 is 13.3. The fraction of sp³-hybridized carbons (Fsp3) is 0.333. The van der Waals surface area contributed by atoms with E-state index >= 15 is 0 Å². The highest BCUT2D eigenvalue weighted by atomic mass is 16.6. The van der Waals surface area contributed by atoms with Crippen molar-refractivity contribution in [3.63, 3.8) is 0 Å². The molecular formula is C54H59N15O9. The van der Waals surface area contributed by atoms with Crippen molar-refractivity contribution in [2.45, 2.75) is 103 Å². The van der Waals surface area contributed by atoms with Crippen LogP contribution in [0.25, 0.3) is 22.5 Å². The maximum Gasteiger partial charge on any atom is 0.410 e. The van der Waals surface area contributed by atoms with E-state index in [1.165, 1.54) is 48.8 Å². The number of hydrogen-bond donors (Lipinski definition) is 6. The van der Waals surface area contributed by atoms with Gasteiger partial charge < -0.3 is 42.6 Å². The number of nitrogens with two attached hydrogens (primary N) is 3. The van der Waals surface area contributed by atoms with E-state index in [1.54, 1.807) is 87.7 Å². The summed E-state index contributed by atoms with van der Waals surface area (Å²) in [4.78, 5) is 96.3. The lowest BCUT2D eigenvalue weighted by molar-refractivity contribution is 0.00723. The number of nitrogens with zero attached hydrogens (tertiary/aromatic N) is 10. The monoisotopic (exact) mass is 1060 g/mol. The number of hydrogen-bond acceptors (Lipinski definition) is 16. The van der Waals surface area contributed by atoms with Gasteiger partial charge in [-0.1, -0.05) is 24.3 Å². The average Bonchev–Trinajstić information content (AvgIpc) is 4.11. The number of aromatic nitrogens is 6. The van der Waals surface area contributed by atoms with Gasteiger partial charge >= 0.3 is 18.2 Å². The van der Waals surface area contributed by atoms with Crippen LogP contribution in [0.5, 0.6) is 0 Å². The normalized spacial score (nSPS) is 15.3. The van der Waals surface area contributed by atoms with E-state index < -0.39 is 59.2 Å². The number of benzene rings is 2. The van der Waals surface area contributed by atoms with Gasteiger partial charge in [0.15, 0.2) is 23.0 Å². The largest absolute Gasteiger partial charge is 0.476 e. The molecule has 9 N–H and O–H groups in total. The molecule has 2 saturated heterocycles. The minimum Gasteiger partial charge on any atom is -0.476 e. The molecule has 0 bridgehead atoms. The summed E-state index contributed by atoms with van der Waals surface area (Å²) in [6.45, 7) is 11.6. The van der Waals surface area contributed by atoms with Crippen molar-refractivity contribution < 1.29 is 43.3 Å². The van der Waals surface area contributed by atoms with Crippen molar-refractivity contribution >= 4 is 47.5 Å². The number of likely N-dealkylation sites (tertiary alicyclic amines) is 2. The first kappa shape index (κ1) is 55.9. The number of aromatic carboxylic acids is 1. The molecule has 24 nitrogen and oxygen atoms in total. The van der Waals surface area contributed by atoms with Crippen molar-refractivity contribution in [1.29, 1.82) is 10.5 Å². The molecule has 0 saturated carbocycles. The highest BCUT2D eigenvalue weighted by Crippen LogP contribution is 2.37. The van der Waals surface area contributed by atoms with Crippen LogP contribution in [0.2, 0.25) is 0 Å². The van der Waals surface area contributed by atoms with E-state index in [0.29, 0.717) is 59.6 Å². The third kappa shape index (κ3) is 13.1. The van der Waals surface area contributed by atoms with Crippen LogP contribution in [-0.2, 0) is 9.47 Å². The number of carbonyl (C=O) groups is 6. The van der Waals surface area contributed by atoms with E-state index in [2.05, 4.69) is 30.6 Å². The van der Waals surface area contributed by atoms with Crippen molar-refractivity contribution in [3.05, 3.63) is 130 Å². The number of rotatable bonds is 10. The Kier molecular flexibility index (Phi) is 16.7. The number of pyridine rings is 2. The molecule has 24 heteroatoms. The third-order valence-electron chi connectivity index (χ3n) is 12.3. The van der Waals surface area contributed by atoms with E-state index in [4.69, 9.17) is 37.4 Å². The summed E-state index contributed by atoms with van der Waals surface area (Å²) in [6, 6.07) is 21.4. The lowest BCUT2D eigenvalue weighted by Crippen LogP contribution is -2.43. The lowest BCUT2D eigenvalue weighted by Gasteiger charge is -2.36. The molecule has 0 radical (unpaired) electrons. The summed E-state index contributed by atoms with van der Waals surface area (Å²) >= 11 is 0. The number of imidazole rings is 2. The van der Waals surface area contributed by atoms with Gasteiger partial charge in [-0.05, 0) is 129 Å². The van der Waals surface area contributed by atoms with Crippen LogP contribution in [-0.4, -0.2) is 104 Å². The lowest BCUT2D eigenvalue weighted by atomic mass is 10.0. The minimum atomic E-state index is -1.28. The topological polar surface area (TPSA) is 359 Å². The van der Waals surface area contributed by atoms with Crippen molar-refractivity contribution in [2.75, 3.05) is 35.4 Å². The first-order valence-corrected chi connectivity index (χ1v) is 24.8. The standard InChI is InChI=1S/C27H30N8O4.C27H29N7O5/c1-27(2,3)39-26(38)34-13-5-4-6-19(34)24-33-21(22(23(29)36)35(24)30)17-7-9-18(10-8-17)25(37)32-20-14-16(15-28)11-12-31-20;1-27(2,3)39-26(38)33-13-5-4-6-19(33)23-32-21(22(25(36)37)34(23)29)17-7-9-18(10-8-17)24(35)31-20-14-16(15-28)11-12-30-20/h7-12,14,19H,4-6,13,30H2,1-3H3,(H2,29,36)(H,31,32,37);7-12,14,19H,4-6,13,29H2,1-3H3,(H,36,37)(H,30,31,35)/t2*19-/m00/s1. The number of piperidine rings is 2. The van der Waals surface area contributed by atoms with Crippen LogP contribution in [0.3, 0.4) is 0 Å². The number of nitrogens with one attached hydrogen (secondary N) is 2. The van der Waals surface area contributed by atoms with Crippen LogP contribution in [0.4, 0.5) is 21.2 Å². The maximum absolute atomic E-state index is 12.9. The van der Waals surface area contributed by atoms with Gasteiger partial charge in [0.1, 0.15) is 34.2 Å². The van der Waals surface area contributed by atoms with Gasteiger partial charge in [0, 0.05) is 47.7 Å². The molecule has 78 heavy (non-hydrogen) atoms. The van der Waals surface area contributed by atoms with E-state index in [9.17, 15) is 33.9 Å². The van der Waals surface area contributed by atoms with Crippen LogP contribution < -0.4 is 28.1 Å². The molecule has 0 unspecified atom stereocenters. The molecule has 0 aliphatic carbocycles. The third-order valence-corrected chi connectivity index (χ3v) is 12.3. The predicted molar refractivity (Wildman–Crippen MR) is 284 cm³/mol. The zero-order valence-electron chi connectivity index (χ0n) is 43.8. The summed E-state index contributed by atoms with van der Waals surface area (Å²) in [5, 5.41) is 33.3. The highest BCUT2D eigenvalue weighted by molar-refractivity contribution is 6.05. The Balaban J connectivity index is 0.000000226. The zero-order valence-corrected chi connectivity index (χ0v) is 43.8. The van der Waals surface area contributed by atoms with Crippen LogP contribution >= 0.6 is 0 Å².